The zero-order chi connectivity index (χ0) is 9.56. The Bertz CT molecular complexity index is 193. The molecule has 0 unspecified atom stereocenters. The second-order valence-corrected chi connectivity index (χ2v) is 3.94. The van der Waals surface area contributed by atoms with Crippen LogP contribution in [0.1, 0.15) is 0 Å². The van der Waals surface area contributed by atoms with Crippen molar-refractivity contribution in [3.05, 3.63) is 11.0 Å². The van der Waals surface area contributed by atoms with Gasteiger partial charge in [-0.25, -0.2) is 4.79 Å². The van der Waals surface area contributed by atoms with Gasteiger partial charge in [-0.15, -0.1) is 23.5 Å². The summed E-state index contributed by atoms with van der Waals surface area (Å²) in [5.41, 5.74) is 0.465. The predicted octanol–water partition coefficient (Wildman–Crippen LogP) is 2.10. The molecule has 0 saturated carbocycles. The molecule has 0 spiro atoms. The Morgan fingerprint density at radius 1 is 1.50 bits per heavy atom. The van der Waals surface area contributed by atoms with Gasteiger partial charge in [-0.1, -0.05) is 12.2 Å². The summed E-state index contributed by atoms with van der Waals surface area (Å²) < 4.78 is 5.13. The number of esters is 1. The summed E-state index contributed by atoms with van der Waals surface area (Å²) in [6.45, 7) is 0. The first-order valence-corrected chi connectivity index (χ1v) is 5.99. The quantitative estimate of drug-likeness (QED) is 0.414. The number of ether oxygens (including phenoxy) is 1. The smallest absolute Gasteiger partial charge is 0.340 e. The first-order chi connectivity index (χ1) is 5.67. The van der Waals surface area contributed by atoms with E-state index >= 15 is 0 Å². The monoisotopic (exact) mass is 222 g/mol. The molecule has 12 heavy (non-hydrogen) atoms. The Morgan fingerprint density at radius 3 is 2.42 bits per heavy atom. The molecule has 68 valence electrons. The summed E-state index contributed by atoms with van der Waals surface area (Å²) in [5.74, 6) is -0.372. The van der Waals surface area contributed by atoms with Crippen molar-refractivity contribution in [2.75, 3.05) is 19.6 Å². The maximum absolute atomic E-state index is 11.1. The Kier molecular flexibility index (Phi) is 6.51. The Morgan fingerprint density at radius 2 is 2.08 bits per heavy atom. The fourth-order valence-corrected chi connectivity index (χ4v) is 1.62. The molecule has 0 aliphatic heterocycles. The third-order valence-electron chi connectivity index (χ3n) is 1.05. The van der Waals surface area contributed by atoms with Gasteiger partial charge in [0.15, 0.2) is 0 Å². The SMILES string of the molecule is COC(=O)/C(=C/SC)C(=S)SC. The molecule has 0 radical (unpaired) electrons. The lowest BCUT2D eigenvalue weighted by Gasteiger charge is -2.02. The molecule has 0 fully saturated rings. The van der Waals surface area contributed by atoms with Crippen LogP contribution in [0.15, 0.2) is 11.0 Å². The van der Waals surface area contributed by atoms with Gasteiger partial charge in [0.25, 0.3) is 0 Å². The van der Waals surface area contributed by atoms with E-state index in [1.807, 2.05) is 12.5 Å². The summed E-state index contributed by atoms with van der Waals surface area (Å²) in [6, 6.07) is 0. The maximum atomic E-state index is 11.1. The standard InChI is InChI=1S/C7H10O2S3/c1-9-6(8)5(4-11-2)7(10)12-3/h4H,1-3H3/b5-4-. The van der Waals surface area contributed by atoms with Crippen molar-refractivity contribution in [3.63, 3.8) is 0 Å². The van der Waals surface area contributed by atoms with Gasteiger partial charge in [0.2, 0.25) is 0 Å². The van der Waals surface area contributed by atoms with Gasteiger partial charge in [0.1, 0.15) is 0 Å². The van der Waals surface area contributed by atoms with Crippen LogP contribution in [0.5, 0.6) is 0 Å². The topological polar surface area (TPSA) is 26.3 Å². The Hall–Kier alpha value is -0.000000000000000111. The zero-order valence-electron chi connectivity index (χ0n) is 7.12. The lowest BCUT2D eigenvalue weighted by atomic mass is 10.3. The van der Waals surface area contributed by atoms with E-state index in [0.717, 1.165) is 0 Å². The summed E-state index contributed by atoms with van der Waals surface area (Å²) in [7, 11) is 1.35. The van der Waals surface area contributed by atoms with Gasteiger partial charge >= 0.3 is 5.97 Å². The Balaban J connectivity index is 4.55. The van der Waals surface area contributed by atoms with Crippen LogP contribution in [-0.2, 0) is 9.53 Å². The van der Waals surface area contributed by atoms with Gasteiger partial charge < -0.3 is 4.74 Å². The number of hydrogen-bond acceptors (Lipinski definition) is 5. The minimum absolute atomic E-state index is 0.372. The summed E-state index contributed by atoms with van der Waals surface area (Å²) in [5, 5.41) is 1.70. The van der Waals surface area contributed by atoms with Crippen molar-refractivity contribution in [1.29, 1.82) is 0 Å². The number of carbonyl (C=O) groups excluding carboxylic acids is 1. The Labute approximate surface area is 86.1 Å². The fraction of sp³-hybridized carbons (Fsp3) is 0.429. The number of hydrogen-bond donors (Lipinski definition) is 0. The van der Waals surface area contributed by atoms with E-state index in [2.05, 4.69) is 4.74 Å². The molecule has 0 heterocycles. The first-order valence-electron chi connectivity index (χ1n) is 3.07. The summed E-state index contributed by atoms with van der Waals surface area (Å²) in [4.78, 5) is 11.1. The van der Waals surface area contributed by atoms with Crippen molar-refractivity contribution in [2.45, 2.75) is 0 Å². The van der Waals surface area contributed by atoms with E-state index in [4.69, 9.17) is 12.2 Å². The fourth-order valence-electron chi connectivity index (χ4n) is 0.517. The number of methoxy groups -OCH3 is 1. The van der Waals surface area contributed by atoms with Crippen LogP contribution in [0.3, 0.4) is 0 Å². The zero-order valence-corrected chi connectivity index (χ0v) is 9.57. The van der Waals surface area contributed by atoms with Crippen LogP contribution >= 0.6 is 35.7 Å². The van der Waals surface area contributed by atoms with Crippen LogP contribution in [0.4, 0.5) is 0 Å². The van der Waals surface area contributed by atoms with Crippen LogP contribution in [0, 0.1) is 0 Å². The second kappa shape index (κ2) is 6.51. The molecule has 0 N–H and O–H groups in total. The van der Waals surface area contributed by atoms with Crippen molar-refractivity contribution in [3.8, 4) is 0 Å². The van der Waals surface area contributed by atoms with E-state index in [0.29, 0.717) is 9.77 Å². The van der Waals surface area contributed by atoms with Gasteiger partial charge in [-0.3, -0.25) is 0 Å². The average molecular weight is 222 g/mol. The van der Waals surface area contributed by atoms with Crippen molar-refractivity contribution in [1.82, 2.24) is 0 Å². The molecule has 0 atom stereocenters. The third-order valence-corrected chi connectivity index (χ3v) is 2.83. The summed E-state index contributed by atoms with van der Waals surface area (Å²) in [6.07, 6.45) is 3.70. The highest BCUT2D eigenvalue weighted by atomic mass is 32.2. The highest BCUT2D eigenvalue weighted by Gasteiger charge is 2.13. The van der Waals surface area contributed by atoms with E-state index < -0.39 is 0 Å². The van der Waals surface area contributed by atoms with Gasteiger partial charge in [-0.2, -0.15) is 0 Å². The van der Waals surface area contributed by atoms with Crippen molar-refractivity contribution in [2.24, 2.45) is 0 Å². The molecule has 2 nitrogen and oxygen atoms in total. The van der Waals surface area contributed by atoms with E-state index in [1.54, 1.807) is 5.41 Å². The number of carbonyl (C=O) groups is 1. The molecule has 5 heteroatoms. The predicted molar refractivity (Wildman–Crippen MR) is 59.7 cm³/mol. The molecule has 0 amide bonds. The van der Waals surface area contributed by atoms with Crippen molar-refractivity contribution >= 4 is 45.9 Å². The van der Waals surface area contributed by atoms with Crippen LogP contribution in [-0.4, -0.2) is 29.8 Å². The molecule has 0 aromatic heterocycles. The highest BCUT2D eigenvalue weighted by Crippen LogP contribution is 2.14. The van der Waals surface area contributed by atoms with E-state index in [-0.39, 0.29) is 5.97 Å². The lowest BCUT2D eigenvalue weighted by molar-refractivity contribution is -0.135. The molecule has 0 bridgehead atoms. The minimum Gasteiger partial charge on any atom is -0.465 e. The number of thioether (sulfide) groups is 2. The third kappa shape index (κ3) is 3.60. The molecule has 0 rings (SSSR count). The molecule has 0 saturated heterocycles. The molecular formula is C7H10O2S3. The lowest BCUT2D eigenvalue weighted by Crippen LogP contribution is -2.09. The normalized spacial score (nSPS) is 11.1. The number of thiocarbonyl (C=S) groups is 1. The van der Waals surface area contributed by atoms with Crippen LogP contribution in [0.2, 0.25) is 0 Å². The second-order valence-electron chi connectivity index (χ2n) is 1.75. The first kappa shape index (κ1) is 12.0. The van der Waals surface area contributed by atoms with Gasteiger partial charge in [0, 0.05) is 0 Å². The largest absolute Gasteiger partial charge is 0.465 e. The highest BCUT2D eigenvalue weighted by molar-refractivity contribution is 8.23. The van der Waals surface area contributed by atoms with E-state index in [9.17, 15) is 4.79 Å². The molecule has 0 aliphatic rings. The average Bonchev–Trinajstić information content (AvgIpc) is 2.11. The van der Waals surface area contributed by atoms with Crippen molar-refractivity contribution < 1.29 is 9.53 Å². The molecular weight excluding hydrogens is 212 g/mol. The molecule has 0 aromatic rings. The van der Waals surface area contributed by atoms with E-state index in [1.165, 1.54) is 30.6 Å². The molecule has 0 aromatic carbocycles. The summed E-state index contributed by atoms with van der Waals surface area (Å²) >= 11 is 7.76. The van der Waals surface area contributed by atoms with Crippen LogP contribution < -0.4 is 0 Å². The minimum atomic E-state index is -0.372. The van der Waals surface area contributed by atoms with Gasteiger partial charge in [-0.05, 0) is 17.9 Å². The van der Waals surface area contributed by atoms with Gasteiger partial charge in [0.05, 0.1) is 16.9 Å². The number of rotatable bonds is 3. The van der Waals surface area contributed by atoms with Crippen LogP contribution in [0.25, 0.3) is 0 Å². The molecule has 0 aliphatic carbocycles. The maximum Gasteiger partial charge on any atom is 0.340 e.